The van der Waals surface area contributed by atoms with E-state index in [4.69, 9.17) is 28.6 Å². The summed E-state index contributed by atoms with van der Waals surface area (Å²) >= 11 is 12.1. The number of thiocarbonyl (C=S) groups is 1. The lowest BCUT2D eigenvalue weighted by Gasteiger charge is -2.09. The molecule has 0 radical (unpaired) electrons. The second kappa shape index (κ2) is 7.34. The number of rotatable bonds is 4. The maximum absolute atomic E-state index is 13.7. The van der Waals surface area contributed by atoms with Gasteiger partial charge >= 0.3 is 0 Å². The molecule has 2 aromatic rings. The fourth-order valence-electron chi connectivity index (χ4n) is 2.06. The van der Waals surface area contributed by atoms with E-state index >= 15 is 0 Å². The van der Waals surface area contributed by atoms with Crippen molar-refractivity contribution in [3.63, 3.8) is 0 Å². The molecule has 2 aromatic carbocycles. The molecule has 3 nitrogen and oxygen atoms in total. The molecule has 0 aromatic heterocycles. The minimum Gasteiger partial charge on any atom is -0.489 e. The number of benzene rings is 2. The number of hydrogen-bond acceptors (Lipinski definition) is 4. The molecule has 24 heavy (non-hydrogen) atoms. The summed E-state index contributed by atoms with van der Waals surface area (Å²) in [5, 5.41) is 2.89. The fourth-order valence-corrected chi connectivity index (χ4v) is 3.32. The Hall–Kier alpha value is -1.89. The van der Waals surface area contributed by atoms with E-state index in [-0.39, 0.29) is 12.5 Å². The van der Waals surface area contributed by atoms with Crippen molar-refractivity contribution in [2.24, 2.45) is 0 Å². The number of nitrogens with one attached hydrogen (secondary N) is 1. The molecule has 1 aliphatic rings. The molecule has 1 saturated heterocycles. The lowest BCUT2D eigenvalue weighted by Crippen LogP contribution is -2.17. The summed E-state index contributed by atoms with van der Waals surface area (Å²) in [6, 6.07) is 11.6. The maximum atomic E-state index is 13.7. The molecule has 1 amide bonds. The molecule has 0 bridgehead atoms. The smallest absolute Gasteiger partial charge is 0.263 e. The summed E-state index contributed by atoms with van der Waals surface area (Å²) in [7, 11) is 0. The second-order valence-electron chi connectivity index (χ2n) is 4.91. The molecule has 0 spiro atoms. The van der Waals surface area contributed by atoms with E-state index in [1.807, 2.05) is 0 Å². The summed E-state index contributed by atoms with van der Waals surface area (Å²) in [6.07, 6.45) is 1.75. The third-order valence-electron chi connectivity index (χ3n) is 3.26. The van der Waals surface area contributed by atoms with Crippen LogP contribution in [0.4, 0.5) is 4.39 Å². The second-order valence-corrected chi connectivity index (χ2v) is 7.04. The van der Waals surface area contributed by atoms with Gasteiger partial charge in [-0.1, -0.05) is 53.8 Å². The number of ether oxygens (including phenoxy) is 1. The number of amides is 1. The summed E-state index contributed by atoms with van der Waals surface area (Å²) in [4.78, 5) is 12.2. The van der Waals surface area contributed by atoms with Crippen LogP contribution < -0.4 is 10.1 Å². The van der Waals surface area contributed by atoms with Crippen molar-refractivity contribution in [2.75, 3.05) is 0 Å². The van der Waals surface area contributed by atoms with Crippen molar-refractivity contribution in [3.05, 3.63) is 69.3 Å². The van der Waals surface area contributed by atoms with Crippen molar-refractivity contribution in [3.8, 4) is 5.75 Å². The van der Waals surface area contributed by atoms with Crippen molar-refractivity contribution < 1.29 is 13.9 Å². The van der Waals surface area contributed by atoms with Crippen LogP contribution in [0, 0.1) is 5.82 Å². The largest absolute Gasteiger partial charge is 0.489 e. The Morgan fingerprint density at radius 3 is 2.62 bits per heavy atom. The highest BCUT2D eigenvalue weighted by Crippen LogP contribution is 2.27. The number of carbonyl (C=O) groups is 1. The van der Waals surface area contributed by atoms with Gasteiger partial charge in [0.25, 0.3) is 5.91 Å². The van der Waals surface area contributed by atoms with Crippen LogP contribution in [0.25, 0.3) is 6.08 Å². The maximum Gasteiger partial charge on any atom is 0.263 e. The van der Waals surface area contributed by atoms with E-state index in [1.54, 1.807) is 42.5 Å². The number of thioether (sulfide) groups is 1. The molecule has 0 unspecified atom stereocenters. The van der Waals surface area contributed by atoms with E-state index in [2.05, 4.69) is 5.32 Å². The van der Waals surface area contributed by atoms with Gasteiger partial charge in [0, 0.05) is 5.56 Å². The summed E-state index contributed by atoms with van der Waals surface area (Å²) in [5.74, 6) is -0.0147. The molecular formula is C17H11ClFNO2S2. The van der Waals surface area contributed by atoms with Gasteiger partial charge < -0.3 is 10.1 Å². The summed E-state index contributed by atoms with van der Waals surface area (Å²) in [6.45, 7) is 0.0401. The van der Waals surface area contributed by atoms with Gasteiger partial charge in [-0.2, -0.15) is 0 Å². The molecule has 0 saturated carbocycles. The molecular weight excluding hydrogens is 369 g/mol. The SMILES string of the molecule is O=C1NC(=S)S/C1=C/c1ccc(OCc2c(F)cccc2Cl)cc1. The van der Waals surface area contributed by atoms with Crippen LogP contribution in [0.2, 0.25) is 5.02 Å². The first-order chi connectivity index (χ1) is 11.5. The molecule has 1 fully saturated rings. The molecule has 122 valence electrons. The van der Waals surface area contributed by atoms with E-state index in [0.717, 1.165) is 5.56 Å². The predicted molar refractivity (Wildman–Crippen MR) is 98.5 cm³/mol. The Kier molecular flexibility index (Phi) is 5.18. The highest BCUT2D eigenvalue weighted by Gasteiger charge is 2.21. The Balaban J connectivity index is 1.68. The zero-order valence-corrected chi connectivity index (χ0v) is 14.6. The number of hydrogen-bond donors (Lipinski definition) is 1. The number of carbonyl (C=O) groups excluding carboxylic acids is 1. The Bertz CT molecular complexity index is 817. The van der Waals surface area contributed by atoms with Gasteiger partial charge in [-0.25, -0.2) is 4.39 Å². The van der Waals surface area contributed by atoms with Crippen LogP contribution in [0.15, 0.2) is 47.4 Å². The standard InChI is InChI=1S/C17H11ClFNO2S2/c18-13-2-1-3-14(19)12(13)9-22-11-6-4-10(5-7-11)8-15-16(21)20-17(23)24-15/h1-8H,9H2,(H,20,21,23)/b15-8+. The summed E-state index contributed by atoms with van der Waals surface area (Å²) < 4.78 is 19.7. The monoisotopic (exact) mass is 379 g/mol. The average molecular weight is 380 g/mol. The first-order valence-corrected chi connectivity index (χ1v) is 8.54. The highest BCUT2D eigenvalue weighted by molar-refractivity contribution is 8.26. The van der Waals surface area contributed by atoms with Crippen molar-refractivity contribution >= 4 is 51.9 Å². The molecule has 7 heteroatoms. The van der Waals surface area contributed by atoms with Crippen LogP contribution in [-0.4, -0.2) is 10.2 Å². The van der Waals surface area contributed by atoms with Crippen LogP contribution >= 0.6 is 35.6 Å². The highest BCUT2D eigenvalue weighted by atomic mass is 35.5. The average Bonchev–Trinajstić information content (AvgIpc) is 2.86. The third-order valence-corrected chi connectivity index (χ3v) is 4.78. The zero-order chi connectivity index (χ0) is 17.1. The minimum atomic E-state index is -0.399. The first kappa shape index (κ1) is 17.0. The molecule has 1 aliphatic heterocycles. The molecule has 0 atom stereocenters. The third kappa shape index (κ3) is 3.95. The molecule has 3 rings (SSSR count). The van der Waals surface area contributed by atoms with Crippen LogP contribution in [0.1, 0.15) is 11.1 Å². The van der Waals surface area contributed by atoms with Crippen LogP contribution in [0.3, 0.4) is 0 Å². The number of halogens is 2. The Morgan fingerprint density at radius 1 is 1.25 bits per heavy atom. The normalized spacial score (nSPS) is 15.7. The van der Waals surface area contributed by atoms with Gasteiger partial charge in [0.05, 0.1) is 9.93 Å². The quantitative estimate of drug-likeness (QED) is 0.625. The van der Waals surface area contributed by atoms with Crippen molar-refractivity contribution in [1.82, 2.24) is 5.32 Å². The van der Waals surface area contributed by atoms with Gasteiger partial charge in [-0.15, -0.1) is 0 Å². The lowest BCUT2D eigenvalue weighted by atomic mass is 10.2. The first-order valence-electron chi connectivity index (χ1n) is 6.93. The minimum absolute atomic E-state index is 0.0401. The Morgan fingerprint density at radius 2 is 2.00 bits per heavy atom. The van der Waals surface area contributed by atoms with E-state index in [9.17, 15) is 9.18 Å². The summed E-state index contributed by atoms with van der Waals surface area (Å²) in [5.41, 5.74) is 1.16. The van der Waals surface area contributed by atoms with E-state index < -0.39 is 5.82 Å². The predicted octanol–water partition coefficient (Wildman–Crippen LogP) is 4.55. The van der Waals surface area contributed by atoms with Crippen molar-refractivity contribution in [1.29, 1.82) is 0 Å². The molecule has 1 N–H and O–H groups in total. The van der Waals surface area contributed by atoms with Gasteiger partial charge in [0.1, 0.15) is 22.5 Å². The molecule has 0 aliphatic carbocycles. The van der Waals surface area contributed by atoms with Gasteiger partial charge in [-0.05, 0) is 35.9 Å². The van der Waals surface area contributed by atoms with Crippen LogP contribution in [-0.2, 0) is 11.4 Å². The van der Waals surface area contributed by atoms with E-state index in [0.29, 0.717) is 25.6 Å². The fraction of sp³-hybridized carbons (Fsp3) is 0.0588. The van der Waals surface area contributed by atoms with E-state index in [1.165, 1.54) is 17.8 Å². The van der Waals surface area contributed by atoms with Gasteiger partial charge in [0.2, 0.25) is 0 Å². The zero-order valence-electron chi connectivity index (χ0n) is 12.2. The van der Waals surface area contributed by atoms with Gasteiger partial charge in [0.15, 0.2) is 0 Å². The Labute approximate surface area is 152 Å². The van der Waals surface area contributed by atoms with Gasteiger partial charge in [-0.3, -0.25) is 4.79 Å². The molecule has 1 heterocycles. The lowest BCUT2D eigenvalue weighted by molar-refractivity contribution is -0.115. The topological polar surface area (TPSA) is 38.3 Å². The van der Waals surface area contributed by atoms with Crippen molar-refractivity contribution in [2.45, 2.75) is 6.61 Å². The van der Waals surface area contributed by atoms with Crippen LogP contribution in [0.5, 0.6) is 5.75 Å².